The number of rotatable bonds is 4. The normalized spacial score (nSPS) is 10.2. The molecular weight excluding hydrogens is 340 g/mol. The van der Waals surface area contributed by atoms with Gasteiger partial charge < -0.3 is 19.7 Å². The minimum Gasteiger partial charge on any atom is -0.507 e. The third kappa shape index (κ3) is 4.00. The quantitative estimate of drug-likeness (QED) is 0.637. The molecule has 0 heterocycles. The lowest BCUT2D eigenvalue weighted by Crippen LogP contribution is -2.18. The van der Waals surface area contributed by atoms with Gasteiger partial charge in [0.05, 0.1) is 0 Å². The van der Waals surface area contributed by atoms with Gasteiger partial charge in [-0.15, -0.1) is 0 Å². The molecule has 0 bridgehead atoms. The van der Waals surface area contributed by atoms with E-state index in [1.807, 2.05) is 0 Å². The number of phenols is 2. The average molecular weight is 358 g/mol. The Hall–Kier alpha value is -3.35. The SMILES string of the molecule is CCc1cccc(C(=O)OC(=O)OC(=O)c2cccc(CC)c2O)c1O. The fourth-order valence-corrected chi connectivity index (χ4v) is 2.36. The highest BCUT2D eigenvalue weighted by Crippen LogP contribution is 2.25. The number of carbonyl (C=O) groups is 3. The van der Waals surface area contributed by atoms with Crippen molar-refractivity contribution >= 4 is 18.1 Å². The van der Waals surface area contributed by atoms with Crippen LogP contribution >= 0.6 is 0 Å². The van der Waals surface area contributed by atoms with Gasteiger partial charge in [-0.1, -0.05) is 38.1 Å². The summed E-state index contributed by atoms with van der Waals surface area (Å²) in [6, 6.07) is 8.86. The van der Waals surface area contributed by atoms with Crippen LogP contribution in [-0.4, -0.2) is 28.3 Å². The standard InChI is InChI=1S/C19H18O7/c1-3-11-7-5-9-13(15(11)20)17(22)25-19(24)26-18(23)14-10-6-8-12(4-2)16(14)21/h5-10,20-21H,3-4H2,1-2H3. The van der Waals surface area contributed by atoms with Gasteiger partial charge >= 0.3 is 18.1 Å². The third-order valence-electron chi connectivity index (χ3n) is 3.79. The lowest BCUT2D eigenvalue weighted by Gasteiger charge is -2.09. The van der Waals surface area contributed by atoms with E-state index in [0.717, 1.165) is 0 Å². The molecule has 0 aliphatic rings. The highest BCUT2D eigenvalue weighted by atomic mass is 16.8. The maximum absolute atomic E-state index is 12.0. The molecular formula is C19H18O7. The predicted molar refractivity (Wildman–Crippen MR) is 91.2 cm³/mol. The van der Waals surface area contributed by atoms with E-state index in [1.54, 1.807) is 26.0 Å². The van der Waals surface area contributed by atoms with Gasteiger partial charge in [0.1, 0.15) is 22.6 Å². The molecule has 0 saturated heterocycles. The summed E-state index contributed by atoms with van der Waals surface area (Å²) < 4.78 is 8.89. The molecule has 26 heavy (non-hydrogen) atoms. The van der Waals surface area contributed by atoms with Crippen molar-refractivity contribution < 1.29 is 34.1 Å². The van der Waals surface area contributed by atoms with Gasteiger partial charge in [0.25, 0.3) is 0 Å². The topological polar surface area (TPSA) is 110 Å². The number of aromatic hydroxyl groups is 2. The van der Waals surface area contributed by atoms with Gasteiger partial charge in [-0.3, -0.25) is 0 Å². The van der Waals surface area contributed by atoms with Crippen LogP contribution in [0.4, 0.5) is 4.79 Å². The minimum atomic E-state index is -1.55. The number of para-hydroxylation sites is 2. The van der Waals surface area contributed by atoms with Crippen LogP contribution in [0.15, 0.2) is 36.4 Å². The number of hydrogen-bond acceptors (Lipinski definition) is 7. The molecule has 0 aliphatic carbocycles. The Labute approximate surface area is 149 Å². The van der Waals surface area contributed by atoms with E-state index >= 15 is 0 Å². The van der Waals surface area contributed by atoms with Gasteiger partial charge in [-0.05, 0) is 36.1 Å². The van der Waals surface area contributed by atoms with E-state index in [1.165, 1.54) is 24.3 Å². The number of aryl methyl sites for hydroxylation is 2. The number of benzene rings is 2. The largest absolute Gasteiger partial charge is 0.524 e. The number of carbonyl (C=O) groups excluding carboxylic acids is 3. The number of ether oxygens (including phenoxy) is 2. The minimum absolute atomic E-state index is 0.218. The van der Waals surface area contributed by atoms with E-state index < -0.39 is 18.1 Å². The molecule has 2 rings (SSSR count). The summed E-state index contributed by atoms with van der Waals surface area (Å²) in [7, 11) is 0. The first-order chi connectivity index (χ1) is 12.4. The average Bonchev–Trinajstić information content (AvgIpc) is 2.61. The molecule has 0 spiro atoms. The maximum atomic E-state index is 12.0. The first-order valence-electron chi connectivity index (χ1n) is 7.99. The van der Waals surface area contributed by atoms with Gasteiger partial charge in [0.15, 0.2) is 0 Å². The fraction of sp³-hybridized carbons (Fsp3) is 0.211. The van der Waals surface area contributed by atoms with Crippen molar-refractivity contribution in [3.63, 3.8) is 0 Å². The van der Waals surface area contributed by atoms with E-state index in [9.17, 15) is 24.6 Å². The molecule has 2 aromatic rings. The zero-order chi connectivity index (χ0) is 19.3. The molecule has 0 radical (unpaired) electrons. The predicted octanol–water partition coefficient (Wildman–Crippen LogP) is 3.36. The van der Waals surface area contributed by atoms with Crippen molar-refractivity contribution in [2.24, 2.45) is 0 Å². The van der Waals surface area contributed by atoms with E-state index in [0.29, 0.717) is 24.0 Å². The van der Waals surface area contributed by atoms with E-state index in [2.05, 4.69) is 9.47 Å². The lowest BCUT2D eigenvalue weighted by atomic mass is 10.1. The lowest BCUT2D eigenvalue weighted by molar-refractivity contribution is 0.0335. The van der Waals surface area contributed by atoms with Crippen molar-refractivity contribution in [3.8, 4) is 11.5 Å². The summed E-state index contributed by atoms with van der Waals surface area (Å²) in [5.41, 5.74) is 0.574. The molecule has 2 N–H and O–H groups in total. The second-order valence-corrected chi connectivity index (χ2v) is 5.36. The Balaban J connectivity index is 2.09. The van der Waals surface area contributed by atoms with Crippen molar-refractivity contribution in [1.82, 2.24) is 0 Å². The Morgan fingerprint density at radius 2 is 1.15 bits per heavy atom. The van der Waals surface area contributed by atoms with Crippen LogP contribution in [0.1, 0.15) is 45.7 Å². The van der Waals surface area contributed by atoms with E-state index in [-0.39, 0.29) is 22.6 Å². The summed E-state index contributed by atoms with van der Waals surface area (Å²) >= 11 is 0. The zero-order valence-electron chi connectivity index (χ0n) is 14.3. The van der Waals surface area contributed by atoms with Crippen molar-refractivity contribution in [3.05, 3.63) is 58.7 Å². The van der Waals surface area contributed by atoms with Crippen LogP contribution in [0, 0.1) is 0 Å². The highest BCUT2D eigenvalue weighted by Gasteiger charge is 2.23. The molecule has 7 heteroatoms. The van der Waals surface area contributed by atoms with Crippen molar-refractivity contribution in [1.29, 1.82) is 0 Å². The molecule has 0 saturated carbocycles. The Morgan fingerprint density at radius 3 is 1.50 bits per heavy atom. The van der Waals surface area contributed by atoms with Gasteiger partial charge in [0, 0.05) is 0 Å². The van der Waals surface area contributed by atoms with Crippen LogP contribution in [0.2, 0.25) is 0 Å². The Kier molecular flexibility index (Phi) is 5.95. The summed E-state index contributed by atoms with van der Waals surface area (Å²) in [4.78, 5) is 35.7. The van der Waals surface area contributed by atoms with Crippen molar-refractivity contribution in [2.75, 3.05) is 0 Å². The third-order valence-corrected chi connectivity index (χ3v) is 3.79. The van der Waals surface area contributed by atoms with Gasteiger partial charge in [-0.25, -0.2) is 14.4 Å². The second kappa shape index (κ2) is 8.15. The molecule has 2 aromatic carbocycles. The molecule has 7 nitrogen and oxygen atoms in total. The molecule has 0 amide bonds. The first-order valence-corrected chi connectivity index (χ1v) is 7.99. The number of phenolic OH excluding ortho intramolecular Hbond substituents is 2. The summed E-state index contributed by atoms with van der Waals surface area (Å²) in [5, 5.41) is 19.9. The Bertz CT molecular complexity index is 785. The fourth-order valence-electron chi connectivity index (χ4n) is 2.36. The summed E-state index contributed by atoms with van der Waals surface area (Å²) in [5.74, 6) is -2.90. The van der Waals surface area contributed by atoms with Gasteiger partial charge in [-0.2, -0.15) is 0 Å². The molecule has 136 valence electrons. The van der Waals surface area contributed by atoms with Crippen LogP contribution in [-0.2, 0) is 22.3 Å². The van der Waals surface area contributed by atoms with Crippen LogP contribution in [0.3, 0.4) is 0 Å². The Morgan fingerprint density at radius 1 is 0.769 bits per heavy atom. The molecule has 0 unspecified atom stereocenters. The molecule has 0 atom stereocenters. The zero-order valence-corrected chi connectivity index (χ0v) is 14.3. The monoisotopic (exact) mass is 358 g/mol. The summed E-state index contributed by atoms with van der Waals surface area (Å²) in [6.45, 7) is 3.57. The first kappa shape index (κ1) is 19.0. The molecule has 0 fully saturated rings. The van der Waals surface area contributed by atoms with Crippen LogP contribution in [0.5, 0.6) is 11.5 Å². The van der Waals surface area contributed by atoms with Crippen LogP contribution in [0.25, 0.3) is 0 Å². The second-order valence-electron chi connectivity index (χ2n) is 5.36. The maximum Gasteiger partial charge on any atom is 0.524 e. The number of esters is 2. The molecule has 0 aromatic heterocycles. The van der Waals surface area contributed by atoms with E-state index in [4.69, 9.17) is 0 Å². The highest BCUT2D eigenvalue weighted by molar-refractivity contribution is 6.02. The smallest absolute Gasteiger partial charge is 0.507 e. The van der Waals surface area contributed by atoms with Crippen molar-refractivity contribution in [2.45, 2.75) is 26.7 Å². The van der Waals surface area contributed by atoms with Crippen LogP contribution < -0.4 is 0 Å². The number of hydrogen-bond donors (Lipinski definition) is 2. The summed E-state index contributed by atoms with van der Waals surface area (Å²) in [6.07, 6.45) is -0.603. The molecule has 0 aliphatic heterocycles. The van der Waals surface area contributed by atoms with Gasteiger partial charge in [0.2, 0.25) is 0 Å².